The van der Waals surface area contributed by atoms with E-state index >= 15 is 0 Å². The molecule has 1 aromatic rings. The van der Waals surface area contributed by atoms with Crippen LogP contribution in [0.1, 0.15) is 25.3 Å². The van der Waals surface area contributed by atoms with E-state index < -0.39 is 5.41 Å². The van der Waals surface area contributed by atoms with E-state index in [0.29, 0.717) is 23.5 Å². The number of rotatable bonds is 3. The summed E-state index contributed by atoms with van der Waals surface area (Å²) in [7, 11) is 1.52. The first kappa shape index (κ1) is 14.4. The van der Waals surface area contributed by atoms with Gasteiger partial charge in [0.2, 0.25) is 5.91 Å². The zero-order valence-electron chi connectivity index (χ0n) is 11.8. The first-order valence-corrected chi connectivity index (χ1v) is 6.70. The van der Waals surface area contributed by atoms with Crippen molar-refractivity contribution in [2.24, 2.45) is 5.41 Å². The van der Waals surface area contributed by atoms with Gasteiger partial charge in [-0.25, -0.2) is 0 Å². The Morgan fingerprint density at radius 1 is 1.55 bits per heavy atom. The van der Waals surface area contributed by atoms with Crippen molar-refractivity contribution in [2.45, 2.75) is 19.8 Å². The highest BCUT2D eigenvalue weighted by Crippen LogP contribution is 2.32. The van der Waals surface area contributed by atoms with E-state index in [9.17, 15) is 4.79 Å². The van der Waals surface area contributed by atoms with Crippen LogP contribution in [0.4, 0.5) is 5.69 Å². The second-order valence-electron chi connectivity index (χ2n) is 5.29. The topological polar surface area (TPSA) is 74.1 Å². The summed E-state index contributed by atoms with van der Waals surface area (Å²) >= 11 is 0. The van der Waals surface area contributed by atoms with E-state index in [4.69, 9.17) is 10.00 Å². The molecule has 1 saturated heterocycles. The third-order valence-electron chi connectivity index (χ3n) is 3.75. The summed E-state index contributed by atoms with van der Waals surface area (Å²) in [5.41, 5.74) is 0.408. The van der Waals surface area contributed by atoms with Crippen molar-refractivity contribution in [3.8, 4) is 11.8 Å². The predicted octanol–water partition coefficient (Wildman–Crippen LogP) is 1.90. The molecule has 0 spiro atoms. The van der Waals surface area contributed by atoms with Crippen LogP contribution in [0.2, 0.25) is 0 Å². The summed E-state index contributed by atoms with van der Waals surface area (Å²) in [4.78, 5) is 12.5. The maximum absolute atomic E-state index is 12.5. The van der Waals surface area contributed by atoms with E-state index in [1.165, 1.54) is 7.11 Å². The Hall–Kier alpha value is -2.06. The zero-order valence-corrected chi connectivity index (χ0v) is 11.8. The number of carbonyl (C=O) groups is 1. The first-order valence-electron chi connectivity index (χ1n) is 6.70. The molecule has 106 valence electrons. The van der Waals surface area contributed by atoms with Gasteiger partial charge in [-0.1, -0.05) is 6.07 Å². The van der Waals surface area contributed by atoms with Crippen LogP contribution in [0.25, 0.3) is 0 Å². The Balaban J connectivity index is 2.25. The maximum Gasteiger partial charge on any atom is 0.231 e. The second-order valence-corrected chi connectivity index (χ2v) is 5.29. The van der Waals surface area contributed by atoms with Crippen LogP contribution in [0.5, 0.6) is 5.75 Å². The van der Waals surface area contributed by atoms with Crippen molar-refractivity contribution < 1.29 is 9.53 Å². The number of para-hydroxylation sites is 1. The molecule has 0 bridgehead atoms. The van der Waals surface area contributed by atoms with Gasteiger partial charge in [-0.05, 0) is 38.4 Å². The van der Waals surface area contributed by atoms with Gasteiger partial charge in [-0.2, -0.15) is 5.26 Å². The first-order chi connectivity index (χ1) is 9.60. The number of anilines is 1. The SMILES string of the molecule is COc1cccc(C#N)c1NC(=O)C1(C)CCCNC1. The van der Waals surface area contributed by atoms with Crippen LogP contribution in [-0.4, -0.2) is 26.1 Å². The molecule has 1 amide bonds. The van der Waals surface area contributed by atoms with Crippen LogP contribution in [0.3, 0.4) is 0 Å². The average Bonchev–Trinajstić information content (AvgIpc) is 2.48. The van der Waals surface area contributed by atoms with E-state index in [1.54, 1.807) is 18.2 Å². The number of nitrogens with one attached hydrogen (secondary N) is 2. The van der Waals surface area contributed by atoms with Gasteiger partial charge in [0, 0.05) is 6.54 Å². The number of amides is 1. The monoisotopic (exact) mass is 273 g/mol. The highest BCUT2D eigenvalue weighted by Gasteiger charge is 2.35. The van der Waals surface area contributed by atoms with Crippen molar-refractivity contribution in [3.63, 3.8) is 0 Å². The van der Waals surface area contributed by atoms with Crippen LogP contribution in [-0.2, 0) is 4.79 Å². The fourth-order valence-corrected chi connectivity index (χ4v) is 2.44. The Morgan fingerprint density at radius 2 is 2.35 bits per heavy atom. The van der Waals surface area contributed by atoms with Gasteiger partial charge in [-0.3, -0.25) is 4.79 Å². The van der Waals surface area contributed by atoms with E-state index in [1.807, 2.05) is 6.92 Å². The molecule has 0 aromatic heterocycles. The normalized spacial score (nSPS) is 21.9. The van der Waals surface area contributed by atoms with E-state index in [-0.39, 0.29) is 5.91 Å². The van der Waals surface area contributed by atoms with Gasteiger partial charge < -0.3 is 15.4 Å². The lowest BCUT2D eigenvalue weighted by Gasteiger charge is -2.32. The number of ether oxygens (including phenoxy) is 1. The summed E-state index contributed by atoms with van der Waals surface area (Å²) in [5.74, 6) is 0.426. The molecule has 5 heteroatoms. The molecule has 0 radical (unpaired) electrons. The standard InChI is InChI=1S/C15H19N3O2/c1-15(7-4-8-17-10-15)14(19)18-13-11(9-16)5-3-6-12(13)20-2/h3,5-6,17H,4,7-8,10H2,1-2H3,(H,18,19). The number of nitrogens with zero attached hydrogens (tertiary/aromatic N) is 1. The molecule has 0 aliphatic carbocycles. The van der Waals surface area contributed by atoms with Crippen molar-refractivity contribution in [2.75, 3.05) is 25.5 Å². The number of carbonyl (C=O) groups excluding carboxylic acids is 1. The molecule has 1 aliphatic heterocycles. The number of piperidine rings is 1. The van der Waals surface area contributed by atoms with Crippen LogP contribution in [0, 0.1) is 16.7 Å². The lowest BCUT2D eigenvalue weighted by molar-refractivity contribution is -0.125. The molecule has 1 aromatic carbocycles. The summed E-state index contributed by atoms with van der Waals surface area (Å²) in [6.45, 7) is 3.53. The Bertz CT molecular complexity index is 543. The van der Waals surface area contributed by atoms with Crippen molar-refractivity contribution in [1.29, 1.82) is 5.26 Å². The third kappa shape index (κ3) is 2.75. The largest absolute Gasteiger partial charge is 0.495 e. The predicted molar refractivity (Wildman–Crippen MR) is 76.5 cm³/mol. The van der Waals surface area contributed by atoms with E-state index in [0.717, 1.165) is 19.4 Å². The Kier molecular flexibility index (Phi) is 4.26. The highest BCUT2D eigenvalue weighted by atomic mass is 16.5. The summed E-state index contributed by atoms with van der Waals surface area (Å²) in [6, 6.07) is 7.21. The van der Waals surface area contributed by atoms with Gasteiger partial charge in [0.15, 0.2) is 0 Å². The van der Waals surface area contributed by atoms with Crippen molar-refractivity contribution in [1.82, 2.24) is 5.32 Å². The quantitative estimate of drug-likeness (QED) is 0.882. The van der Waals surface area contributed by atoms with Crippen LogP contribution >= 0.6 is 0 Å². The summed E-state index contributed by atoms with van der Waals surface area (Å²) < 4.78 is 5.23. The van der Waals surface area contributed by atoms with Gasteiger partial charge in [0.05, 0.1) is 18.1 Å². The number of benzene rings is 1. The molecule has 2 rings (SSSR count). The molecule has 1 atom stereocenters. The van der Waals surface area contributed by atoms with Crippen molar-refractivity contribution >= 4 is 11.6 Å². The van der Waals surface area contributed by atoms with Gasteiger partial charge in [0.1, 0.15) is 17.5 Å². The summed E-state index contributed by atoms with van der Waals surface area (Å²) in [5, 5.41) is 15.3. The fraction of sp³-hybridized carbons (Fsp3) is 0.467. The van der Waals surface area contributed by atoms with Gasteiger partial charge in [-0.15, -0.1) is 0 Å². The molecule has 2 N–H and O–H groups in total. The maximum atomic E-state index is 12.5. The number of methoxy groups -OCH3 is 1. The molecular formula is C15H19N3O2. The molecule has 1 fully saturated rings. The molecule has 0 saturated carbocycles. The minimum absolute atomic E-state index is 0.0781. The number of nitriles is 1. The smallest absolute Gasteiger partial charge is 0.231 e. The molecule has 1 aliphatic rings. The van der Waals surface area contributed by atoms with Gasteiger partial charge in [0.25, 0.3) is 0 Å². The molecule has 5 nitrogen and oxygen atoms in total. The van der Waals surface area contributed by atoms with Crippen LogP contribution < -0.4 is 15.4 Å². The summed E-state index contributed by atoms with van der Waals surface area (Å²) in [6.07, 6.45) is 1.81. The molecular weight excluding hydrogens is 254 g/mol. The zero-order chi connectivity index (χ0) is 14.6. The lowest BCUT2D eigenvalue weighted by Crippen LogP contribution is -2.46. The Morgan fingerprint density at radius 3 is 2.95 bits per heavy atom. The highest BCUT2D eigenvalue weighted by molar-refractivity contribution is 5.97. The molecule has 20 heavy (non-hydrogen) atoms. The van der Waals surface area contributed by atoms with Crippen molar-refractivity contribution in [3.05, 3.63) is 23.8 Å². The number of hydrogen-bond donors (Lipinski definition) is 2. The third-order valence-corrected chi connectivity index (χ3v) is 3.75. The minimum Gasteiger partial charge on any atom is -0.495 e. The van der Waals surface area contributed by atoms with E-state index in [2.05, 4.69) is 16.7 Å². The second kappa shape index (κ2) is 5.93. The minimum atomic E-state index is -0.453. The average molecular weight is 273 g/mol. The Labute approximate surface area is 118 Å². The number of hydrogen-bond acceptors (Lipinski definition) is 4. The molecule has 1 heterocycles. The lowest BCUT2D eigenvalue weighted by atomic mass is 9.82. The van der Waals surface area contributed by atoms with Gasteiger partial charge >= 0.3 is 0 Å². The molecule has 1 unspecified atom stereocenters. The fourth-order valence-electron chi connectivity index (χ4n) is 2.44. The van der Waals surface area contributed by atoms with Crippen LogP contribution in [0.15, 0.2) is 18.2 Å².